The molecule has 3 rings (SSSR count). The molecular formula is C16H22Cl2N4OS2. The van der Waals surface area contributed by atoms with E-state index in [2.05, 4.69) is 21.3 Å². The van der Waals surface area contributed by atoms with Gasteiger partial charge in [0.2, 0.25) is 0 Å². The Hall–Kier alpha value is -0.830. The number of halogens is 2. The third kappa shape index (κ3) is 6.44. The summed E-state index contributed by atoms with van der Waals surface area (Å²) in [6.07, 6.45) is 0. The van der Waals surface area contributed by atoms with Crippen molar-refractivity contribution < 1.29 is 4.79 Å². The zero-order valence-corrected chi connectivity index (χ0v) is 16.9. The molecule has 0 saturated carbocycles. The lowest BCUT2D eigenvalue weighted by molar-refractivity contribution is 0.102. The molecule has 1 saturated heterocycles. The quantitative estimate of drug-likeness (QED) is 0.776. The van der Waals surface area contributed by atoms with Gasteiger partial charge in [-0.25, -0.2) is 4.98 Å². The molecule has 1 amide bonds. The average Bonchev–Trinajstić information content (AvgIpc) is 3.05. The maximum atomic E-state index is 12.2. The number of thiazole rings is 1. The molecule has 2 aromatic rings. The van der Waals surface area contributed by atoms with E-state index in [1.807, 2.05) is 30.0 Å². The molecule has 1 aromatic carbocycles. The zero-order valence-electron chi connectivity index (χ0n) is 13.6. The number of nitrogens with zero attached hydrogens (tertiary/aromatic N) is 2. The van der Waals surface area contributed by atoms with Crippen LogP contribution in [0.25, 0.3) is 0 Å². The van der Waals surface area contributed by atoms with E-state index >= 15 is 0 Å². The van der Waals surface area contributed by atoms with Gasteiger partial charge < -0.3 is 11.1 Å². The van der Waals surface area contributed by atoms with Crippen molar-refractivity contribution in [1.82, 2.24) is 9.88 Å². The van der Waals surface area contributed by atoms with E-state index < -0.39 is 0 Å². The molecule has 0 aliphatic carbocycles. The number of carbonyl (C=O) groups is 1. The van der Waals surface area contributed by atoms with Gasteiger partial charge >= 0.3 is 0 Å². The molecule has 0 bridgehead atoms. The van der Waals surface area contributed by atoms with Crippen molar-refractivity contribution >= 4 is 59.5 Å². The number of anilines is 1. The van der Waals surface area contributed by atoms with Crippen molar-refractivity contribution in [3.8, 4) is 0 Å². The lowest BCUT2D eigenvalue weighted by Gasteiger charge is -2.26. The third-order valence-corrected chi connectivity index (χ3v) is 5.47. The number of nitrogens with one attached hydrogen (secondary N) is 1. The van der Waals surface area contributed by atoms with E-state index in [0.29, 0.717) is 12.2 Å². The number of aromatic nitrogens is 1. The van der Waals surface area contributed by atoms with E-state index in [-0.39, 0.29) is 30.7 Å². The van der Waals surface area contributed by atoms with Gasteiger partial charge in [0.05, 0.1) is 0 Å². The molecular weight excluding hydrogens is 399 g/mol. The normalized spacial score (nSPS) is 14.3. The smallest absolute Gasteiger partial charge is 0.275 e. The Labute approximate surface area is 168 Å². The van der Waals surface area contributed by atoms with Crippen molar-refractivity contribution in [2.24, 2.45) is 5.73 Å². The highest BCUT2D eigenvalue weighted by atomic mass is 35.5. The highest BCUT2D eigenvalue weighted by Gasteiger charge is 2.13. The molecule has 0 unspecified atom stereocenters. The van der Waals surface area contributed by atoms with Crippen LogP contribution in [0.15, 0.2) is 29.6 Å². The molecule has 0 radical (unpaired) electrons. The van der Waals surface area contributed by atoms with E-state index in [1.165, 1.54) is 28.4 Å². The first-order valence-electron chi connectivity index (χ1n) is 7.59. The molecule has 138 valence electrons. The SMILES string of the molecule is Cl.Cl.NCc1nc(C(=O)Nc2cccc(CN3CCSCC3)c2)cs1. The van der Waals surface area contributed by atoms with Crippen LogP contribution in [0.2, 0.25) is 0 Å². The van der Waals surface area contributed by atoms with Crippen LogP contribution in [0, 0.1) is 0 Å². The van der Waals surface area contributed by atoms with Gasteiger partial charge in [0.1, 0.15) is 10.7 Å². The molecule has 1 aliphatic heterocycles. The Morgan fingerprint density at radius 1 is 1.28 bits per heavy atom. The first kappa shape index (κ1) is 22.2. The summed E-state index contributed by atoms with van der Waals surface area (Å²) in [5.41, 5.74) is 7.98. The first-order valence-corrected chi connectivity index (χ1v) is 9.63. The van der Waals surface area contributed by atoms with Gasteiger partial charge in [0.25, 0.3) is 5.91 Å². The number of carbonyl (C=O) groups excluding carboxylic acids is 1. The minimum atomic E-state index is -0.188. The van der Waals surface area contributed by atoms with Crippen LogP contribution in [-0.4, -0.2) is 40.4 Å². The predicted octanol–water partition coefficient (Wildman–Crippen LogP) is 3.25. The molecule has 9 heteroatoms. The molecule has 0 atom stereocenters. The number of thioether (sulfide) groups is 1. The second-order valence-corrected chi connectivity index (χ2v) is 7.54. The molecule has 1 fully saturated rings. The first-order chi connectivity index (χ1) is 11.2. The highest BCUT2D eigenvalue weighted by Crippen LogP contribution is 2.17. The standard InChI is InChI=1S/C16H20N4OS2.2ClH/c17-9-15-19-14(11-23-15)16(21)18-13-3-1-2-12(8-13)10-20-4-6-22-7-5-20;;/h1-3,8,11H,4-7,9-10,17H2,(H,18,21);2*1H. The second-order valence-electron chi connectivity index (χ2n) is 5.37. The monoisotopic (exact) mass is 420 g/mol. The fourth-order valence-electron chi connectivity index (χ4n) is 2.47. The zero-order chi connectivity index (χ0) is 16.1. The van der Waals surface area contributed by atoms with Crippen molar-refractivity contribution in [3.05, 3.63) is 45.9 Å². The number of nitrogens with two attached hydrogens (primary N) is 1. The minimum Gasteiger partial charge on any atom is -0.325 e. The Balaban J connectivity index is 0.00000156. The van der Waals surface area contributed by atoms with Gasteiger partial charge in [-0.1, -0.05) is 12.1 Å². The summed E-state index contributed by atoms with van der Waals surface area (Å²) in [5, 5.41) is 5.43. The van der Waals surface area contributed by atoms with Gasteiger partial charge in [0, 0.05) is 48.8 Å². The molecule has 2 heterocycles. The number of amides is 1. The summed E-state index contributed by atoms with van der Waals surface area (Å²) in [6, 6.07) is 8.03. The van der Waals surface area contributed by atoms with E-state index in [0.717, 1.165) is 30.3 Å². The molecule has 0 spiro atoms. The van der Waals surface area contributed by atoms with Crippen molar-refractivity contribution in [2.75, 3.05) is 29.9 Å². The number of benzene rings is 1. The molecule has 1 aromatic heterocycles. The van der Waals surface area contributed by atoms with Gasteiger partial charge in [0.15, 0.2) is 0 Å². The number of hydrogen-bond donors (Lipinski definition) is 2. The highest BCUT2D eigenvalue weighted by molar-refractivity contribution is 7.99. The maximum Gasteiger partial charge on any atom is 0.275 e. The van der Waals surface area contributed by atoms with Crippen LogP contribution in [-0.2, 0) is 13.1 Å². The average molecular weight is 421 g/mol. The summed E-state index contributed by atoms with van der Waals surface area (Å²) >= 11 is 3.42. The topological polar surface area (TPSA) is 71.2 Å². The van der Waals surface area contributed by atoms with Crippen LogP contribution in [0.4, 0.5) is 5.69 Å². The molecule has 3 N–H and O–H groups in total. The van der Waals surface area contributed by atoms with Crippen LogP contribution in [0.1, 0.15) is 21.1 Å². The van der Waals surface area contributed by atoms with Crippen LogP contribution in [0.3, 0.4) is 0 Å². The summed E-state index contributed by atoms with van der Waals surface area (Å²) < 4.78 is 0. The molecule has 25 heavy (non-hydrogen) atoms. The lowest BCUT2D eigenvalue weighted by Crippen LogP contribution is -2.31. The summed E-state index contributed by atoms with van der Waals surface area (Å²) in [5.74, 6) is 2.21. The second kappa shape index (κ2) is 11.0. The van der Waals surface area contributed by atoms with Gasteiger partial charge in [-0.15, -0.1) is 36.2 Å². The number of rotatable bonds is 5. The van der Waals surface area contributed by atoms with E-state index in [4.69, 9.17) is 5.73 Å². The maximum absolute atomic E-state index is 12.2. The van der Waals surface area contributed by atoms with E-state index in [9.17, 15) is 4.79 Å². The van der Waals surface area contributed by atoms with Gasteiger partial charge in [-0.05, 0) is 17.7 Å². The van der Waals surface area contributed by atoms with Crippen LogP contribution < -0.4 is 11.1 Å². The van der Waals surface area contributed by atoms with Crippen LogP contribution >= 0.6 is 47.9 Å². The van der Waals surface area contributed by atoms with Crippen LogP contribution in [0.5, 0.6) is 0 Å². The summed E-state index contributed by atoms with van der Waals surface area (Å²) in [4.78, 5) is 18.9. The van der Waals surface area contributed by atoms with Gasteiger partial charge in [-0.3, -0.25) is 9.69 Å². The fourth-order valence-corrected chi connectivity index (χ4v) is 4.10. The van der Waals surface area contributed by atoms with Crippen molar-refractivity contribution in [1.29, 1.82) is 0 Å². The van der Waals surface area contributed by atoms with Crippen molar-refractivity contribution in [3.63, 3.8) is 0 Å². The Bertz CT molecular complexity index is 678. The van der Waals surface area contributed by atoms with E-state index in [1.54, 1.807) is 5.38 Å². The predicted molar refractivity (Wildman–Crippen MR) is 111 cm³/mol. The third-order valence-electron chi connectivity index (χ3n) is 3.65. The van der Waals surface area contributed by atoms with Gasteiger partial charge in [-0.2, -0.15) is 11.8 Å². The minimum absolute atomic E-state index is 0. The summed E-state index contributed by atoms with van der Waals surface area (Å²) in [6.45, 7) is 3.55. The Kier molecular flexibility index (Phi) is 9.78. The lowest BCUT2D eigenvalue weighted by atomic mass is 10.2. The summed E-state index contributed by atoms with van der Waals surface area (Å²) in [7, 11) is 0. The molecule has 1 aliphatic rings. The Morgan fingerprint density at radius 2 is 2.04 bits per heavy atom. The van der Waals surface area contributed by atoms with Crippen molar-refractivity contribution in [2.45, 2.75) is 13.1 Å². The Morgan fingerprint density at radius 3 is 2.72 bits per heavy atom. The molecule has 5 nitrogen and oxygen atoms in total. The fraction of sp³-hybridized carbons (Fsp3) is 0.375. The number of hydrogen-bond acceptors (Lipinski definition) is 6. The largest absolute Gasteiger partial charge is 0.325 e.